The van der Waals surface area contributed by atoms with Crippen molar-refractivity contribution >= 4 is 0 Å². The Bertz CT molecular complexity index is 626. The molecule has 140 valence electrons. The fourth-order valence-corrected chi connectivity index (χ4v) is 4.16. The number of alkyl halides is 3. The van der Waals surface area contributed by atoms with Crippen molar-refractivity contribution in [2.75, 3.05) is 20.8 Å². The van der Waals surface area contributed by atoms with E-state index in [1.807, 2.05) is 0 Å². The number of hydrogen-bond donors (Lipinski definition) is 0. The molecule has 1 aliphatic carbocycles. The molecule has 0 N–H and O–H groups in total. The smallest absolute Gasteiger partial charge is 0.381 e. The summed E-state index contributed by atoms with van der Waals surface area (Å²) in [7, 11) is 3.47. The second kappa shape index (κ2) is 6.81. The predicted octanol–water partition coefficient (Wildman–Crippen LogP) is 2.96. The molecule has 1 saturated carbocycles. The molecular weight excluding hydrogens is 335 g/mol. The second-order valence-corrected chi connectivity index (χ2v) is 6.94. The first-order valence-corrected chi connectivity index (χ1v) is 8.51. The molecule has 0 unspecified atom stereocenters. The van der Waals surface area contributed by atoms with Crippen molar-refractivity contribution in [3.8, 4) is 0 Å². The number of fused-ring (bicyclic) bond motifs is 1. The zero-order valence-corrected chi connectivity index (χ0v) is 14.8. The third kappa shape index (κ3) is 3.52. The van der Waals surface area contributed by atoms with Crippen LogP contribution in [0.15, 0.2) is 6.20 Å². The van der Waals surface area contributed by atoms with E-state index in [2.05, 4.69) is 14.9 Å². The summed E-state index contributed by atoms with van der Waals surface area (Å²) >= 11 is 0. The van der Waals surface area contributed by atoms with Gasteiger partial charge in [0.05, 0.1) is 11.7 Å². The maximum atomic E-state index is 12.7. The van der Waals surface area contributed by atoms with E-state index < -0.39 is 12.0 Å². The number of aromatic nitrogens is 2. The van der Waals surface area contributed by atoms with Crippen LogP contribution in [0.1, 0.15) is 42.8 Å². The van der Waals surface area contributed by atoms with Crippen LogP contribution >= 0.6 is 0 Å². The Balaban J connectivity index is 1.79. The van der Waals surface area contributed by atoms with E-state index in [0.717, 1.165) is 37.8 Å². The Hall–Kier alpha value is -1.25. The summed E-state index contributed by atoms with van der Waals surface area (Å²) in [6.45, 7) is 2.97. The van der Waals surface area contributed by atoms with Crippen molar-refractivity contribution < 1.29 is 22.6 Å². The van der Waals surface area contributed by atoms with Crippen LogP contribution < -0.4 is 0 Å². The molecule has 25 heavy (non-hydrogen) atoms. The maximum Gasteiger partial charge on any atom is 0.451 e. The monoisotopic (exact) mass is 359 g/mol. The number of ether oxygens (including phenoxy) is 2. The molecule has 1 saturated heterocycles. The molecule has 0 spiro atoms. The molecule has 0 bridgehead atoms. The molecule has 1 aromatic rings. The fourth-order valence-electron chi connectivity index (χ4n) is 4.16. The van der Waals surface area contributed by atoms with E-state index in [1.54, 1.807) is 21.1 Å². The molecule has 0 aromatic carbocycles. The van der Waals surface area contributed by atoms with Gasteiger partial charge in [0.25, 0.3) is 0 Å². The van der Waals surface area contributed by atoms with Crippen molar-refractivity contribution in [2.45, 2.75) is 63.1 Å². The second-order valence-electron chi connectivity index (χ2n) is 6.94. The Labute approximate surface area is 145 Å². The summed E-state index contributed by atoms with van der Waals surface area (Å²) in [6, 6.07) is 0.192. The summed E-state index contributed by atoms with van der Waals surface area (Å²) in [5.74, 6) is -1.08. The zero-order valence-electron chi connectivity index (χ0n) is 14.8. The van der Waals surface area contributed by atoms with Gasteiger partial charge >= 0.3 is 6.18 Å². The fraction of sp³-hybridized carbons (Fsp3) is 0.765. The summed E-state index contributed by atoms with van der Waals surface area (Å²) in [5.41, 5.74) is 0.909. The van der Waals surface area contributed by atoms with Gasteiger partial charge in [0, 0.05) is 50.8 Å². The molecule has 3 atom stereocenters. The van der Waals surface area contributed by atoms with Crippen LogP contribution in [-0.2, 0) is 22.2 Å². The van der Waals surface area contributed by atoms with Gasteiger partial charge in [0.2, 0.25) is 5.82 Å². The highest BCUT2D eigenvalue weighted by Gasteiger charge is 2.51. The van der Waals surface area contributed by atoms with Crippen LogP contribution in [0, 0.1) is 6.92 Å². The SMILES string of the molecule is CO[C@@H]1CC[C@@]2(OC)CCN(Cc3cnc(C(F)(F)F)nc3C)[C@H]2C1. The molecule has 0 amide bonds. The van der Waals surface area contributed by atoms with Crippen LogP contribution in [0.2, 0.25) is 0 Å². The van der Waals surface area contributed by atoms with Gasteiger partial charge in [0.15, 0.2) is 0 Å². The minimum Gasteiger partial charge on any atom is -0.381 e. The molecule has 3 rings (SSSR count). The van der Waals surface area contributed by atoms with Crippen LogP contribution in [0.5, 0.6) is 0 Å². The minimum absolute atomic E-state index is 0.185. The standard InChI is InChI=1S/C17H24F3N3O2/c1-11-12(9-21-15(22-11)17(18,19)20)10-23-7-6-16(25-3)5-4-13(24-2)8-14(16)23/h9,13-14H,4-8,10H2,1-3H3/t13-,14+,16-/m1/s1. The quantitative estimate of drug-likeness (QED) is 0.827. The molecular formula is C17H24F3N3O2. The molecule has 0 radical (unpaired) electrons. The molecule has 2 fully saturated rings. The summed E-state index contributed by atoms with van der Waals surface area (Å²) < 4.78 is 49.6. The van der Waals surface area contributed by atoms with Gasteiger partial charge in [-0.2, -0.15) is 13.2 Å². The molecule has 1 aromatic heterocycles. The number of rotatable bonds is 4. The molecule has 1 aliphatic heterocycles. The van der Waals surface area contributed by atoms with Crippen LogP contribution in [-0.4, -0.2) is 53.4 Å². The number of halogens is 3. The molecule has 5 nitrogen and oxygen atoms in total. The normalized spacial score (nSPS) is 30.5. The van der Waals surface area contributed by atoms with Gasteiger partial charge in [-0.3, -0.25) is 4.90 Å². The minimum atomic E-state index is -4.52. The Morgan fingerprint density at radius 1 is 1.32 bits per heavy atom. The van der Waals surface area contributed by atoms with Crippen molar-refractivity contribution in [1.82, 2.24) is 14.9 Å². The van der Waals surface area contributed by atoms with E-state index in [0.29, 0.717) is 12.2 Å². The Morgan fingerprint density at radius 3 is 2.68 bits per heavy atom. The molecule has 2 heterocycles. The summed E-state index contributed by atoms with van der Waals surface area (Å²) in [4.78, 5) is 9.42. The Morgan fingerprint density at radius 2 is 2.08 bits per heavy atom. The van der Waals surface area contributed by atoms with E-state index >= 15 is 0 Å². The topological polar surface area (TPSA) is 47.5 Å². The van der Waals surface area contributed by atoms with E-state index in [-0.39, 0.29) is 17.7 Å². The van der Waals surface area contributed by atoms with Crippen LogP contribution in [0.3, 0.4) is 0 Å². The average molecular weight is 359 g/mol. The first kappa shape index (κ1) is 18.5. The highest BCUT2D eigenvalue weighted by molar-refractivity contribution is 5.18. The lowest BCUT2D eigenvalue weighted by molar-refractivity contribution is -0.145. The van der Waals surface area contributed by atoms with Crippen molar-refractivity contribution in [2.24, 2.45) is 0 Å². The van der Waals surface area contributed by atoms with Gasteiger partial charge in [-0.1, -0.05) is 0 Å². The average Bonchev–Trinajstić information content (AvgIpc) is 2.94. The summed E-state index contributed by atoms with van der Waals surface area (Å²) in [6.07, 6.45) is 0.670. The lowest BCUT2D eigenvalue weighted by Crippen LogP contribution is -2.51. The van der Waals surface area contributed by atoms with Gasteiger partial charge in [-0.05, 0) is 32.6 Å². The number of nitrogens with zero attached hydrogens (tertiary/aromatic N) is 3. The van der Waals surface area contributed by atoms with Crippen molar-refractivity contribution in [3.05, 3.63) is 23.3 Å². The van der Waals surface area contributed by atoms with Crippen LogP contribution in [0.4, 0.5) is 13.2 Å². The lowest BCUT2D eigenvalue weighted by Gasteiger charge is -2.43. The largest absolute Gasteiger partial charge is 0.451 e. The van der Waals surface area contributed by atoms with Crippen molar-refractivity contribution in [3.63, 3.8) is 0 Å². The number of aryl methyl sites for hydroxylation is 1. The molecule has 2 aliphatic rings. The predicted molar refractivity (Wildman–Crippen MR) is 85.0 cm³/mol. The van der Waals surface area contributed by atoms with Crippen molar-refractivity contribution in [1.29, 1.82) is 0 Å². The van der Waals surface area contributed by atoms with E-state index in [9.17, 15) is 13.2 Å². The van der Waals surface area contributed by atoms with E-state index in [4.69, 9.17) is 9.47 Å². The summed E-state index contributed by atoms with van der Waals surface area (Å²) in [5, 5.41) is 0. The van der Waals surface area contributed by atoms with Gasteiger partial charge in [0.1, 0.15) is 0 Å². The van der Waals surface area contributed by atoms with Gasteiger partial charge in [-0.15, -0.1) is 0 Å². The lowest BCUT2D eigenvalue weighted by atomic mass is 9.79. The highest BCUT2D eigenvalue weighted by Crippen LogP contribution is 2.43. The highest BCUT2D eigenvalue weighted by atomic mass is 19.4. The zero-order chi connectivity index (χ0) is 18.2. The number of hydrogen-bond acceptors (Lipinski definition) is 5. The number of likely N-dealkylation sites (tertiary alicyclic amines) is 1. The van der Waals surface area contributed by atoms with E-state index in [1.165, 1.54) is 6.20 Å². The maximum absolute atomic E-state index is 12.7. The Kier molecular flexibility index (Phi) is 5.05. The first-order chi connectivity index (χ1) is 11.8. The van der Waals surface area contributed by atoms with Crippen LogP contribution in [0.25, 0.3) is 0 Å². The third-order valence-electron chi connectivity index (χ3n) is 5.69. The van der Waals surface area contributed by atoms with Gasteiger partial charge in [-0.25, -0.2) is 9.97 Å². The molecule has 8 heteroatoms. The first-order valence-electron chi connectivity index (χ1n) is 8.51. The number of methoxy groups -OCH3 is 2. The third-order valence-corrected chi connectivity index (χ3v) is 5.69. The van der Waals surface area contributed by atoms with Gasteiger partial charge < -0.3 is 9.47 Å².